The lowest BCUT2D eigenvalue weighted by atomic mass is 10.0. The predicted molar refractivity (Wildman–Crippen MR) is 65.9 cm³/mol. The smallest absolute Gasteiger partial charge is 0.162 e. The topological polar surface area (TPSA) is 17.1 Å². The zero-order chi connectivity index (χ0) is 11.3. The molecule has 0 bridgehead atoms. The minimum atomic E-state index is 0.167. The summed E-state index contributed by atoms with van der Waals surface area (Å²) in [6.45, 7) is 1.97. The summed E-state index contributed by atoms with van der Waals surface area (Å²) in [4.78, 5) is 11.7. The summed E-state index contributed by atoms with van der Waals surface area (Å²) in [5.74, 6) is 2.70. The van der Waals surface area contributed by atoms with Gasteiger partial charge in [0.25, 0.3) is 0 Å². The molecule has 2 heteroatoms. The highest BCUT2D eigenvalue weighted by atomic mass is 79.9. The van der Waals surface area contributed by atoms with Crippen LogP contribution in [0.25, 0.3) is 0 Å². The Bertz CT molecular complexity index is 401. The van der Waals surface area contributed by atoms with Crippen molar-refractivity contribution in [1.82, 2.24) is 0 Å². The molecule has 1 nitrogen and oxygen atoms in total. The Balaban J connectivity index is 2.67. The maximum absolute atomic E-state index is 11.7. The predicted octanol–water partition coefficient (Wildman–Crippen LogP) is 3.74. The summed E-state index contributed by atoms with van der Waals surface area (Å²) >= 11 is 3.40. The fourth-order valence-electron chi connectivity index (χ4n) is 1.31. The highest BCUT2D eigenvalue weighted by Crippen LogP contribution is 2.18. The van der Waals surface area contributed by atoms with Crippen LogP contribution in [0, 0.1) is 19.3 Å². The van der Waals surface area contributed by atoms with Crippen molar-refractivity contribution in [3.05, 3.63) is 33.8 Å². The second kappa shape index (κ2) is 5.72. The van der Waals surface area contributed by atoms with E-state index in [1.54, 1.807) is 0 Å². The number of hydrogen-bond donors (Lipinski definition) is 0. The van der Waals surface area contributed by atoms with Crippen molar-refractivity contribution in [3.63, 3.8) is 0 Å². The second-order valence-corrected chi connectivity index (χ2v) is 4.30. The van der Waals surface area contributed by atoms with Crippen LogP contribution in [0.2, 0.25) is 0 Å². The van der Waals surface area contributed by atoms with E-state index in [0.29, 0.717) is 12.8 Å². The molecule has 0 fully saturated rings. The van der Waals surface area contributed by atoms with Crippen LogP contribution in [0.3, 0.4) is 0 Å². The number of ketones is 1. The van der Waals surface area contributed by atoms with Crippen molar-refractivity contribution in [2.75, 3.05) is 0 Å². The fourth-order valence-corrected chi connectivity index (χ4v) is 1.56. The van der Waals surface area contributed by atoms with Gasteiger partial charge in [-0.2, -0.15) is 0 Å². The summed E-state index contributed by atoms with van der Waals surface area (Å²) in [6.07, 6.45) is 7.10. The molecule has 0 saturated heterocycles. The molecule has 0 atom stereocenters. The van der Waals surface area contributed by atoms with Gasteiger partial charge in [-0.1, -0.05) is 22.0 Å². The fraction of sp³-hybridized carbons (Fsp3) is 0.308. The Hall–Kier alpha value is -1.07. The number of aryl methyl sites for hydroxylation is 1. The first-order valence-electron chi connectivity index (χ1n) is 4.88. The number of Topliss-reactive ketones (excluding diaryl/α,β-unsaturated/α-hetero) is 1. The van der Waals surface area contributed by atoms with Gasteiger partial charge in [0.05, 0.1) is 0 Å². The van der Waals surface area contributed by atoms with Crippen LogP contribution in [0.4, 0.5) is 0 Å². The zero-order valence-corrected chi connectivity index (χ0v) is 10.3. The Morgan fingerprint density at radius 2 is 2.27 bits per heavy atom. The van der Waals surface area contributed by atoms with E-state index in [4.69, 9.17) is 6.42 Å². The van der Waals surface area contributed by atoms with E-state index in [-0.39, 0.29) is 5.78 Å². The molecule has 0 amide bonds. The van der Waals surface area contributed by atoms with Crippen molar-refractivity contribution < 1.29 is 4.79 Å². The monoisotopic (exact) mass is 264 g/mol. The molecule has 0 N–H and O–H groups in total. The number of unbranched alkanes of at least 4 members (excludes halogenated alkanes) is 1. The van der Waals surface area contributed by atoms with Gasteiger partial charge in [-0.3, -0.25) is 4.79 Å². The minimum Gasteiger partial charge on any atom is -0.294 e. The van der Waals surface area contributed by atoms with Crippen LogP contribution < -0.4 is 0 Å². The maximum atomic E-state index is 11.7. The Morgan fingerprint density at radius 1 is 1.53 bits per heavy atom. The molecule has 0 heterocycles. The first-order chi connectivity index (χ1) is 7.15. The molecular formula is C13H13BrO. The van der Waals surface area contributed by atoms with Crippen LogP contribution >= 0.6 is 15.9 Å². The third kappa shape index (κ3) is 3.53. The molecule has 0 aliphatic carbocycles. The van der Waals surface area contributed by atoms with Crippen LogP contribution in [-0.2, 0) is 0 Å². The maximum Gasteiger partial charge on any atom is 0.162 e. The average molecular weight is 265 g/mol. The van der Waals surface area contributed by atoms with Gasteiger partial charge in [0, 0.05) is 22.9 Å². The van der Waals surface area contributed by atoms with E-state index < -0.39 is 0 Å². The van der Waals surface area contributed by atoms with Gasteiger partial charge in [0.15, 0.2) is 5.78 Å². The molecule has 0 unspecified atom stereocenters. The van der Waals surface area contributed by atoms with Crippen molar-refractivity contribution in [1.29, 1.82) is 0 Å². The molecule has 0 aliphatic rings. The van der Waals surface area contributed by atoms with Gasteiger partial charge >= 0.3 is 0 Å². The number of halogens is 1. The lowest BCUT2D eigenvalue weighted by Crippen LogP contribution is -1.99. The first-order valence-corrected chi connectivity index (χ1v) is 5.67. The molecule has 0 aliphatic heterocycles. The van der Waals surface area contributed by atoms with Gasteiger partial charge in [0.1, 0.15) is 0 Å². The minimum absolute atomic E-state index is 0.167. The number of terminal acetylenes is 1. The largest absolute Gasteiger partial charge is 0.294 e. The van der Waals surface area contributed by atoms with Crippen LogP contribution in [0.5, 0.6) is 0 Å². The molecule has 0 saturated carbocycles. The quantitative estimate of drug-likeness (QED) is 0.460. The van der Waals surface area contributed by atoms with E-state index in [1.165, 1.54) is 0 Å². The van der Waals surface area contributed by atoms with E-state index in [1.807, 2.05) is 25.1 Å². The highest BCUT2D eigenvalue weighted by Gasteiger charge is 2.06. The van der Waals surface area contributed by atoms with E-state index in [9.17, 15) is 4.79 Å². The van der Waals surface area contributed by atoms with Gasteiger partial charge in [-0.25, -0.2) is 0 Å². The van der Waals surface area contributed by atoms with E-state index in [2.05, 4.69) is 21.9 Å². The number of carbonyl (C=O) groups excluding carboxylic acids is 1. The highest BCUT2D eigenvalue weighted by molar-refractivity contribution is 9.10. The average Bonchev–Trinajstić information content (AvgIpc) is 2.22. The SMILES string of the molecule is C#CCCCC(=O)c1ccc(Br)c(C)c1. The van der Waals surface area contributed by atoms with Crippen LogP contribution in [0.15, 0.2) is 22.7 Å². The van der Waals surface area contributed by atoms with E-state index >= 15 is 0 Å². The molecular weight excluding hydrogens is 252 g/mol. The third-order valence-electron chi connectivity index (χ3n) is 2.20. The van der Waals surface area contributed by atoms with Gasteiger partial charge in [-0.15, -0.1) is 12.3 Å². The lowest BCUT2D eigenvalue weighted by Gasteiger charge is -2.02. The zero-order valence-electron chi connectivity index (χ0n) is 8.72. The van der Waals surface area contributed by atoms with Gasteiger partial charge < -0.3 is 0 Å². The van der Waals surface area contributed by atoms with Crippen molar-refractivity contribution in [3.8, 4) is 12.3 Å². The van der Waals surface area contributed by atoms with Crippen LogP contribution in [-0.4, -0.2) is 5.78 Å². The van der Waals surface area contributed by atoms with Crippen molar-refractivity contribution >= 4 is 21.7 Å². The Labute approximate surface area is 99.0 Å². The summed E-state index contributed by atoms with van der Waals surface area (Å²) in [7, 11) is 0. The van der Waals surface area contributed by atoms with Crippen molar-refractivity contribution in [2.45, 2.75) is 26.2 Å². The Morgan fingerprint density at radius 3 is 2.87 bits per heavy atom. The molecule has 0 aromatic heterocycles. The Kier molecular flexibility index (Phi) is 4.58. The normalized spacial score (nSPS) is 9.67. The number of rotatable bonds is 4. The first kappa shape index (κ1) is 12.0. The molecule has 78 valence electrons. The summed E-state index contributed by atoms with van der Waals surface area (Å²) in [5, 5.41) is 0. The standard InChI is InChI=1S/C13H13BrO/c1-3-4-5-6-13(15)11-7-8-12(14)10(2)9-11/h1,7-9H,4-6H2,2H3. The van der Waals surface area contributed by atoms with Gasteiger partial charge in [0.2, 0.25) is 0 Å². The molecule has 1 aromatic rings. The summed E-state index contributed by atoms with van der Waals surface area (Å²) in [6, 6.07) is 5.65. The number of benzene rings is 1. The van der Waals surface area contributed by atoms with Gasteiger partial charge in [-0.05, 0) is 31.0 Å². The lowest BCUT2D eigenvalue weighted by molar-refractivity contribution is 0.0980. The summed E-state index contributed by atoms with van der Waals surface area (Å²) in [5.41, 5.74) is 1.85. The molecule has 0 spiro atoms. The van der Waals surface area contributed by atoms with Crippen molar-refractivity contribution in [2.24, 2.45) is 0 Å². The molecule has 1 aromatic carbocycles. The van der Waals surface area contributed by atoms with E-state index in [0.717, 1.165) is 22.0 Å². The number of hydrogen-bond acceptors (Lipinski definition) is 1. The number of carbonyl (C=O) groups is 1. The molecule has 1 rings (SSSR count). The van der Waals surface area contributed by atoms with Crippen LogP contribution in [0.1, 0.15) is 35.2 Å². The second-order valence-electron chi connectivity index (χ2n) is 3.44. The summed E-state index contributed by atoms with van der Waals surface area (Å²) < 4.78 is 1.03. The molecule has 0 radical (unpaired) electrons. The third-order valence-corrected chi connectivity index (χ3v) is 3.09. The molecule has 15 heavy (non-hydrogen) atoms.